The molecule has 4 heteroatoms. The van der Waals surface area contributed by atoms with Gasteiger partial charge in [0.1, 0.15) is 0 Å². The van der Waals surface area contributed by atoms with Crippen LogP contribution in [0.1, 0.15) is 27.9 Å². The van der Waals surface area contributed by atoms with Gasteiger partial charge < -0.3 is 10.4 Å². The van der Waals surface area contributed by atoms with E-state index in [4.69, 9.17) is 0 Å². The minimum absolute atomic E-state index is 0.261. The molecule has 2 aromatic carbocycles. The van der Waals surface area contributed by atoms with Gasteiger partial charge in [-0.25, -0.2) is 0 Å². The molecule has 1 amide bonds. The van der Waals surface area contributed by atoms with Gasteiger partial charge in [-0.3, -0.25) is 9.59 Å². The number of carbonyl (C=O) groups is 2. The normalized spacial score (nSPS) is 20.0. The van der Waals surface area contributed by atoms with Crippen LogP contribution >= 0.6 is 0 Å². The molecule has 1 heterocycles. The summed E-state index contributed by atoms with van der Waals surface area (Å²) in [5.74, 6) is -0.810. The quantitative estimate of drug-likeness (QED) is 0.849. The molecule has 1 aliphatic heterocycles. The van der Waals surface area contributed by atoms with E-state index >= 15 is 0 Å². The Labute approximate surface area is 122 Å². The van der Waals surface area contributed by atoms with E-state index < -0.39 is 11.5 Å². The number of amides is 1. The zero-order chi connectivity index (χ0) is 15.0. The Bertz CT molecular complexity index is 724. The number of Topliss-reactive ketones (excluding diaryl/α,β-unsaturated/α-hetero) is 1. The third-order valence-electron chi connectivity index (χ3n) is 3.76. The van der Waals surface area contributed by atoms with Crippen LogP contribution < -0.4 is 5.32 Å². The highest BCUT2D eigenvalue weighted by Crippen LogP contribution is 2.39. The molecule has 2 N–H and O–H groups in total. The second-order valence-corrected chi connectivity index (χ2v) is 5.33. The van der Waals surface area contributed by atoms with Crippen molar-refractivity contribution in [2.24, 2.45) is 0 Å². The van der Waals surface area contributed by atoms with Crippen molar-refractivity contribution >= 4 is 17.4 Å². The Hall–Kier alpha value is -2.46. The molecule has 0 aromatic heterocycles. The minimum Gasteiger partial charge on any atom is -0.375 e. The number of benzene rings is 2. The first kappa shape index (κ1) is 13.5. The van der Waals surface area contributed by atoms with Crippen molar-refractivity contribution in [3.8, 4) is 0 Å². The number of aliphatic hydroxyl groups is 1. The van der Waals surface area contributed by atoms with Crippen LogP contribution in [0.2, 0.25) is 0 Å². The molecule has 21 heavy (non-hydrogen) atoms. The topological polar surface area (TPSA) is 66.4 Å². The van der Waals surface area contributed by atoms with Gasteiger partial charge in [-0.05, 0) is 13.0 Å². The average Bonchev–Trinajstić information content (AvgIpc) is 2.72. The molecule has 1 unspecified atom stereocenters. The highest BCUT2D eigenvalue weighted by atomic mass is 16.3. The van der Waals surface area contributed by atoms with E-state index in [1.54, 1.807) is 36.4 Å². The van der Waals surface area contributed by atoms with E-state index in [0.29, 0.717) is 16.8 Å². The minimum atomic E-state index is -1.80. The lowest BCUT2D eigenvalue weighted by Crippen LogP contribution is -2.36. The number of rotatable bonds is 3. The van der Waals surface area contributed by atoms with Crippen molar-refractivity contribution in [3.63, 3.8) is 0 Å². The molecule has 0 aliphatic carbocycles. The molecule has 0 saturated carbocycles. The summed E-state index contributed by atoms with van der Waals surface area (Å²) in [6, 6.07) is 14.0. The maximum Gasteiger partial charge on any atom is 0.261 e. The molecular formula is C17H15NO3. The lowest BCUT2D eigenvalue weighted by atomic mass is 9.87. The van der Waals surface area contributed by atoms with Crippen LogP contribution in [0, 0.1) is 6.92 Å². The van der Waals surface area contributed by atoms with E-state index in [2.05, 4.69) is 5.32 Å². The zero-order valence-electron chi connectivity index (χ0n) is 11.6. The Morgan fingerprint density at radius 2 is 1.90 bits per heavy atom. The van der Waals surface area contributed by atoms with Crippen LogP contribution in [-0.4, -0.2) is 16.8 Å². The first-order chi connectivity index (χ1) is 10.0. The predicted octanol–water partition coefficient (Wildman–Crippen LogP) is 2.41. The van der Waals surface area contributed by atoms with E-state index in [0.717, 1.165) is 5.56 Å². The lowest BCUT2D eigenvalue weighted by Gasteiger charge is -2.20. The fraction of sp³-hybridized carbons (Fsp3) is 0.176. The summed E-state index contributed by atoms with van der Waals surface area (Å²) >= 11 is 0. The molecule has 0 saturated heterocycles. The second-order valence-electron chi connectivity index (χ2n) is 5.33. The molecule has 2 aromatic rings. The summed E-state index contributed by atoms with van der Waals surface area (Å²) in [4.78, 5) is 24.4. The van der Waals surface area contributed by atoms with Gasteiger partial charge >= 0.3 is 0 Å². The Kier molecular flexibility index (Phi) is 3.11. The molecule has 0 spiro atoms. The van der Waals surface area contributed by atoms with Crippen molar-refractivity contribution in [2.45, 2.75) is 18.9 Å². The highest BCUT2D eigenvalue weighted by Gasteiger charge is 2.46. The van der Waals surface area contributed by atoms with Crippen LogP contribution in [-0.2, 0) is 10.4 Å². The summed E-state index contributed by atoms with van der Waals surface area (Å²) in [5, 5.41) is 13.4. The number of ketones is 1. The van der Waals surface area contributed by atoms with E-state index in [9.17, 15) is 14.7 Å². The summed E-state index contributed by atoms with van der Waals surface area (Å²) in [6.45, 7) is 1.88. The molecule has 0 fully saturated rings. The molecule has 3 rings (SSSR count). The molecule has 0 bridgehead atoms. The van der Waals surface area contributed by atoms with Gasteiger partial charge in [0.15, 0.2) is 11.4 Å². The zero-order valence-corrected chi connectivity index (χ0v) is 11.6. The van der Waals surface area contributed by atoms with E-state index in [1.807, 2.05) is 19.1 Å². The first-order valence-corrected chi connectivity index (χ1v) is 6.74. The van der Waals surface area contributed by atoms with Crippen molar-refractivity contribution in [3.05, 3.63) is 65.2 Å². The van der Waals surface area contributed by atoms with Crippen molar-refractivity contribution < 1.29 is 14.7 Å². The van der Waals surface area contributed by atoms with Gasteiger partial charge in [-0.15, -0.1) is 0 Å². The average molecular weight is 281 g/mol. The highest BCUT2D eigenvalue weighted by molar-refractivity contribution is 6.09. The number of nitrogens with one attached hydrogen (secondary N) is 1. The first-order valence-electron chi connectivity index (χ1n) is 6.74. The summed E-state index contributed by atoms with van der Waals surface area (Å²) in [6.07, 6.45) is -0.265. The van der Waals surface area contributed by atoms with Crippen LogP contribution in [0.5, 0.6) is 0 Å². The van der Waals surface area contributed by atoms with Gasteiger partial charge in [-0.1, -0.05) is 48.0 Å². The number of hydrogen-bond donors (Lipinski definition) is 2. The maximum absolute atomic E-state index is 12.3. The predicted molar refractivity (Wildman–Crippen MR) is 79.1 cm³/mol. The smallest absolute Gasteiger partial charge is 0.261 e. The summed E-state index contributed by atoms with van der Waals surface area (Å²) in [7, 11) is 0. The largest absolute Gasteiger partial charge is 0.375 e. The molecule has 1 aliphatic rings. The summed E-state index contributed by atoms with van der Waals surface area (Å²) < 4.78 is 0. The Morgan fingerprint density at radius 1 is 1.19 bits per heavy atom. The fourth-order valence-corrected chi connectivity index (χ4v) is 2.59. The van der Waals surface area contributed by atoms with E-state index in [1.165, 1.54) is 0 Å². The Balaban J connectivity index is 1.97. The van der Waals surface area contributed by atoms with Crippen LogP contribution in [0.15, 0.2) is 48.5 Å². The van der Waals surface area contributed by atoms with Gasteiger partial charge in [0.2, 0.25) is 0 Å². The van der Waals surface area contributed by atoms with Crippen molar-refractivity contribution in [1.82, 2.24) is 0 Å². The SMILES string of the molecule is Cc1ccc2c(c1)C(O)(CC(=O)c1ccccc1)C(=O)N2. The van der Waals surface area contributed by atoms with Crippen LogP contribution in [0.3, 0.4) is 0 Å². The molecule has 106 valence electrons. The summed E-state index contributed by atoms with van der Waals surface area (Å²) in [5.41, 5.74) is 0.648. The third kappa shape index (κ3) is 2.23. The second kappa shape index (κ2) is 4.82. The number of fused-ring (bicyclic) bond motifs is 1. The molecule has 0 radical (unpaired) electrons. The number of carbonyl (C=O) groups excluding carboxylic acids is 2. The van der Waals surface area contributed by atoms with Crippen LogP contribution in [0.4, 0.5) is 5.69 Å². The fourth-order valence-electron chi connectivity index (χ4n) is 2.59. The van der Waals surface area contributed by atoms with Crippen molar-refractivity contribution in [1.29, 1.82) is 0 Å². The number of hydrogen-bond acceptors (Lipinski definition) is 3. The van der Waals surface area contributed by atoms with Gasteiger partial charge in [0, 0.05) is 16.8 Å². The van der Waals surface area contributed by atoms with Gasteiger partial charge in [0.05, 0.1) is 6.42 Å². The molecule has 4 nitrogen and oxygen atoms in total. The Morgan fingerprint density at radius 3 is 2.62 bits per heavy atom. The maximum atomic E-state index is 12.3. The molecular weight excluding hydrogens is 266 g/mol. The van der Waals surface area contributed by atoms with Crippen molar-refractivity contribution in [2.75, 3.05) is 5.32 Å². The lowest BCUT2D eigenvalue weighted by molar-refractivity contribution is -0.133. The monoisotopic (exact) mass is 281 g/mol. The van der Waals surface area contributed by atoms with Crippen LogP contribution in [0.25, 0.3) is 0 Å². The van der Waals surface area contributed by atoms with Gasteiger partial charge in [-0.2, -0.15) is 0 Å². The third-order valence-corrected chi connectivity index (χ3v) is 3.76. The number of aryl methyl sites for hydroxylation is 1. The molecule has 1 atom stereocenters. The van der Waals surface area contributed by atoms with Gasteiger partial charge in [0.25, 0.3) is 5.91 Å². The van der Waals surface area contributed by atoms with E-state index in [-0.39, 0.29) is 12.2 Å². The standard InChI is InChI=1S/C17H15NO3/c1-11-7-8-14-13(9-11)17(21,16(20)18-14)10-15(19)12-5-3-2-4-6-12/h2-9,21H,10H2,1H3,(H,18,20). The number of anilines is 1.